The zero-order valence-electron chi connectivity index (χ0n) is 11.2. The first-order valence-electron chi connectivity index (χ1n) is 5.95. The van der Waals surface area contributed by atoms with Gasteiger partial charge < -0.3 is 10.5 Å². The number of benzene rings is 1. The van der Waals surface area contributed by atoms with E-state index in [9.17, 15) is 10.1 Å². The number of nitro groups is 1. The minimum absolute atomic E-state index is 0.0530. The van der Waals surface area contributed by atoms with Crippen LogP contribution in [0.2, 0.25) is 0 Å². The van der Waals surface area contributed by atoms with Crippen LogP contribution in [0.15, 0.2) is 24.5 Å². The van der Waals surface area contributed by atoms with Crippen LogP contribution in [-0.4, -0.2) is 14.9 Å². The van der Waals surface area contributed by atoms with E-state index in [2.05, 4.69) is 9.97 Å². The molecular weight excluding hydrogens is 260 g/mol. The Balaban J connectivity index is 2.39. The molecule has 2 rings (SSSR count). The smallest absolute Gasteiger partial charge is 0.322 e. The van der Waals surface area contributed by atoms with Crippen LogP contribution in [0.1, 0.15) is 16.7 Å². The van der Waals surface area contributed by atoms with Gasteiger partial charge in [0.15, 0.2) is 0 Å². The van der Waals surface area contributed by atoms with Crippen LogP contribution in [0.25, 0.3) is 0 Å². The lowest BCUT2D eigenvalue weighted by Gasteiger charge is -2.08. The highest BCUT2D eigenvalue weighted by Crippen LogP contribution is 2.34. The van der Waals surface area contributed by atoms with Crippen molar-refractivity contribution >= 4 is 5.69 Å². The summed E-state index contributed by atoms with van der Waals surface area (Å²) in [6.07, 6.45) is 3.05. The quantitative estimate of drug-likeness (QED) is 0.677. The normalized spacial score (nSPS) is 10.3. The summed E-state index contributed by atoms with van der Waals surface area (Å²) >= 11 is 0. The maximum Gasteiger partial charge on any atom is 0.322 e. The maximum absolute atomic E-state index is 11.1. The number of nitrogens with two attached hydrogens (primary N) is 1. The zero-order chi connectivity index (χ0) is 14.7. The van der Waals surface area contributed by atoms with Gasteiger partial charge in [-0.15, -0.1) is 0 Å². The third-order valence-corrected chi connectivity index (χ3v) is 2.71. The van der Waals surface area contributed by atoms with Gasteiger partial charge in [0.25, 0.3) is 0 Å². The lowest BCUT2D eigenvalue weighted by molar-refractivity contribution is -0.385. The molecule has 2 N–H and O–H groups in total. The van der Waals surface area contributed by atoms with Gasteiger partial charge in [-0.2, -0.15) is 0 Å². The molecule has 0 aliphatic carbocycles. The number of rotatable bonds is 4. The average Bonchev–Trinajstić information content (AvgIpc) is 2.42. The van der Waals surface area contributed by atoms with Crippen LogP contribution in [0, 0.1) is 24.0 Å². The molecule has 1 aromatic heterocycles. The molecular formula is C13H14N4O3. The molecule has 7 nitrogen and oxygen atoms in total. The van der Waals surface area contributed by atoms with E-state index >= 15 is 0 Å². The number of nitro benzene ring substituents is 1. The molecule has 7 heteroatoms. The van der Waals surface area contributed by atoms with Gasteiger partial charge in [0.1, 0.15) is 0 Å². The van der Waals surface area contributed by atoms with Crippen LogP contribution >= 0.6 is 0 Å². The Morgan fingerprint density at radius 2 is 1.95 bits per heavy atom. The van der Waals surface area contributed by atoms with Crippen molar-refractivity contribution in [1.82, 2.24) is 9.97 Å². The summed E-state index contributed by atoms with van der Waals surface area (Å²) in [4.78, 5) is 18.5. The third-order valence-electron chi connectivity index (χ3n) is 2.71. The third kappa shape index (κ3) is 2.89. The predicted octanol–water partition coefficient (Wildman–Crippen LogP) is 2.25. The number of nitrogens with zero attached hydrogens (tertiary/aromatic N) is 3. The van der Waals surface area contributed by atoms with Crippen LogP contribution in [0.5, 0.6) is 11.8 Å². The van der Waals surface area contributed by atoms with Crippen molar-refractivity contribution in [3.05, 3.63) is 51.3 Å². The standard InChI is InChI=1S/C13H14N4O3/c1-8-3-9(2)12(11(4-8)17(18)19)20-13-15-6-10(5-14)7-16-13/h3-4,6-7H,5,14H2,1-2H3. The van der Waals surface area contributed by atoms with E-state index in [0.29, 0.717) is 12.1 Å². The van der Waals surface area contributed by atoms with Gasteiger partial charge in [-0.1, -0.05) is 6.07 Å². The molecule has 0 radical (unpaired) electrons. The van der Waals surface area contributed by atoms with Crippen LogP contribution in [-0.2, 0) is 6.54 Å². The molecule has 0 bridgehead atoms. The highest BCUT2D eigenvalue weighted by Gasteiger charge is 2.20. The molecule has 0 saturated carbocycles. The number of hydrogen-bond donors (Lipinski definition) is 1. The molecule has 2 aromatic rings. The Morgan fingerprint density at radius 1 is 1.30 bits per heavy atom. The second kappa shape index (κ2) is 5.62. The van der Waals surface area contributed by atoms with Gasteiger partial charge in [0.05, 0.1) is 4.92 Å². The number of hydrogen-bond acceptors (Lipinski definition) is 6. The fraction of sp³-hybridized carbons (Fsp3) is 0.231. The van der Waals surface area contributed by atoms with Gasteiger partial charge in [-0.05, 0) is 25.0 Å². The van der Waals surface area contributed by atoms with E-state index in [1.807, 2.05) is 0 Å². The van der Waals surface area contributed by atoms with E-state index < -0.39 is 4.92 Å². The molecule has 20 heavy (non-hydrogen) atoms. The number of aryl methyl sites for hydroxylation is 2. The first kappa shape index (κ1) is 13.9. The number of ether oxygens (including phenoxy) is 1. The van der Waals surface area contributed by atoms with E-state index in [-0.39, 0.29) is 17.4 Å². The highest BCUT2D eigenvalue weighted by molar-refractivity contribution is 5.54. The Labute approximate surface area is 115 Å². The van der Waals surface area contributed by atoms with Crippen molar-refractivity contribution in [1.29, 1.82) is 0 Å². The predicted molar refractivity (Wildman–Crippen MR) is 72.6 cm³/mol. The van der Waals surface area contributed by atoms with Crippen molar-refractivity contribution in [3.63, 3.8) is 0 Å². The second-order valence-electron chi connectivity index (χ2n) is 4.37. The molecule has 0 spiro atoms. The molecule has 1 heterocycles. The largest absolute Gasteiger partial charge is 0.417 e. The maximum atomic E-state index is 11.1. The molecule has 104 valence electrons. The summed E-state index contributed by atoms with van der Waals surface area (Å²) < 4.78 is 5.45. The lowest BCUT2D eigenvalue weighted by Crippen LogP contribution is -2.01. The Bertz CT molecular complexity index is 641. The van der Waals surface area contributed by atoms with Gasteiger partial charge >= 0.3 is 11.7 Å². The van der Waals surface area contributed by atoms with Gasteiger partial charge in [0, 0.05) is 30.6 Å². The van der Waals surface area contributed by atoms with Crippen molar-refractivity contribution in [2.24, 2.45) is 5.73 Å². The minimum atomic E-state index is -0.483. The van der Waals surface area contributed by atoms with Crippen molar-refractivity contribution in [2.75, 3.05) is 0 Å². The monoisotopic (exact) mass is 274 g/mol. The van der Waals surface area contributed by atoms with Crippen LogP contribution in [0.3, 0.4) is 0 Å². The summed E-state index contributed by atoms with van der Waals surface area (Å²) in [6.45, 7) is 3.85. The van der Waals surface area contributed by atoms with Gasteiger partial charge in [0.2, 0.25) is 5.75 Å². The van der Waals surface area contributed by atoms with E-state index in [1.165, 1.54) is 18.5 Å². The first-order valence-corrected chi connectivity index (χ1v) is 5.95. The topological polar surface area (TPSA) is 104 Å². The summed E-state index contributed by atoms with van der Waals surface area (Å²) in [5, 5.41) is 11.1. The van der Waals surface area contributed by atoms with Gasteiger partial charge in [-0.3, -0.25) is 10.1 Å². The molecule has 0 amide bonds. The molecule has 0 saturated heterocycles. The Morgan fingerprint density at radius 3 is 2.50 bits per heavy atom. The van der Waals surface area contributed by atoms with E-state index in [4.69, 9.17) is 10.5 Å². The van der Waals surface area contributed by atoms with Crippen LogP contribution < -0.4 is 10.5 Å². The van der Waals surface area contributed by atoms with Crippen molar-refractivity contribution in [3.8, 4) is 11.8 Å². The fourth-order valence-corrected chi connectivity index (χ4v) is 1.79. The minimum Gasteiger partial charge on any atom is -0.417 e. The summed E-state index contributed by atoms with van der Waals surface area (Å²) in [5.74, 6) is 0.154. The molecule has 0 aliphatic rings. The fourth-order valence-electron chi connectivity index (χ4n) is 1.79. The van der Waals surface area contributed by atoms with Crippen molar-refractivity contribution in [2.45, 2.75) is 20.4 Å². The molecule has 0 aliphatic heterocycles. The summed E-state index contributed by atoms with van der Waals surface area (Å²) in [6, 6.07) is 3.31. The molecule has 0 unspecified atom stereocenters. The zero-order valence-corrected chi connectivity index (χ0v) is 11.2. The second-order valence-corrected chi connectivity index (χ2v) is 4.37. The molecule has 1 aromatic carbocycles. The molecule has 0 fully saturated rings. The molecule has 0 atom stereocenters. The van der Waals surface area contributed by atoms with Gasteiger partial charge in [-0.25, -0.2) is 9.97 Å². The van der Waals surface area contributed by atoms with Crippen LogP contribution in [0.4, 0.5) is 5.69 Å². The number of aromatic nitrogens is 2. The highest BCUT2D eigenvalue weighted by atomic mass is 16.6. The summed E-state index contributed by atoms with van der Waals surface area (Å²) in [7, 11) is 0. The Kier molecular flexibility index (Phi) is 3.90. The SMILES string of the molecule is Cc1cc(C)c(Oc2ncc(CN)cn2)c([N+](=O)[O-])c1. The van der Waals surface area contributed by atoms with Crippen molar-refractivity contribution < 1.29 is 9.66 Å². The Hall–Kier alpha value is -2.54. The first-order chi connectivity index (χ1) is 9.51. The average molecular weight is 274 g/mol. The lowest BCUT2D eigenvalue weighted by atomic mass is 10.1. The van der Waals surface area contributed by atoms with E-state index in [0.717, 1.165) is 11.1 Å². The van der Waals surface area contributed by atoms with E-state index in [1.54, 1.807) is 19.9 Å². The summed E-state index contributed by atoms with van der Waals surface area (Å²) in [5.41, 5.74) is 7.55.